The molecule has 15 heteroatoms. The van der Waals surface area contributed by atoms with Crippen molar-refractivity contribution in [1.29, 1.82) is 0 Å². The summed E-state index contributed by atoms with van der Waals surface area (Å²) in [7, 11) is -4.29. The molecule has 10 nitrogen and oxygen atoms in total. The third-order valence-corrected chi connectivity index (χ3v) is 9.48. The van der Waals surface area contributed by atoms with Crippen molar-refractivity contribution in [2.45, 2.75) is 95.0 Å². The minimum atomic E-state index is -4.82. The van der Waals surface area contributed by atoms with Gasteiger partial charge in [0.2, 0.25) is 16.0 Å². The van der Waals surface area contributed by atoms with E-state index < -0.39 is 33.5 Å². The topological polar surface area (TPSA) is 135 Å². The molecule has 0 spiro atoms. The molecule has 0 aliphatic heterocycles. The van der Waals surface area contributed by atoms with E-state index in [1.807, 2.05) is 0 Å². The molecule has 43 heavy (non-hydrogen) atoms. The van der Waals surface area contributed by atoms with Crippen molar-refractivity contribution < 1.29 is 31.1 Å². The Morgan fingerprint density at radius 2 is 1.72 bits per heavy atom. The Morgan fingerprint density at radius 1 is 1.07 bits per heavy atom. The molecule has 3 N–H and O–H groups in total. The molecule has 234 valence electrons. The molecule has 1 amide bonds. The fraction of sp³-hybridized carbons (Fsp3) is 0.500. The summed E-state index contributed by atoms with van der Waals surface area (Å²) in [6, 6.07) is 5.55. The zero-order valence-corrected chi connectivity index (χ0v) is 26.1. The molecule has 1 fully saturated rings. The lowest BCUT2D eigenvalue weighted by atomic mass is 9.86. The fourth-order valence-electron chi connectivity index (χ4n) is 4.75. The van der Waals surface area contributed by atoms with Gasteiger partial charge in [-0.15, -0.1) is 11.3 Å². The average molecular weight is 641 g/mol. The number of rotatable bonds is 8. The van der Waals surface area contributed by atoms with Crippen molar-refractivity contribution >= 4 is 39.1 Å². The van der Waals surface area contributed by atoms with Gasteiger partial charge in [-0.25, -0.2) is 32.9 Å². The summed E-state index contributed by atoms with van der Waals surface area (Å²) in [5, 5.41) is 5.98. The molecule has 0 unspecified atom stereocenters. The summed E-state index contributed by atoms with van der Waals surface area (Å²) >= 11 is 0.847. The van der Waals surface area contributed by atoms with Gasteiger partial charge in [-0.1, -0.05) is 6.07 Å². The molecule has 0 atom stereocenters. The quantitative estimate of drug-likeness (QED) is 0.251. The normalized spacial score (nSPS) is 18.0. The number of thiazole rings is 1. The molecular formula is C28H35F3N6O4S2. The lowest BCUT2D eigenvalue weighted by Gasteiger charge is -2.28. The molecule has 1 saturated carbocycles. The van der Waals surface area contributed by atoms with Crippen molar-refractivity contribution in [2.75, 3.05) is 5.32 Å². The Morgan fingerprint density at radius 3 is 2.30 bits per heavy atom. The van der Waals surface area contributed by atoms with Gasteiger partial charge in [-0.05, 0) is 78.5 Å². The second-order valence-electron chi connectivity index (χ2n) is 11.6. The summed E-state index contributed by atoms with van der Waals surface area (Å²) in [5.74, 6) is -0.0797. The smallest absolute Gasteiger partial charge is 0.434 e. The summed E-state index contributed by atoms with van der Waals surface area (Å²) < 4.78 is 78.0. The lowest BCUT2D eigenvalue weighted by Crippen LogP contribution is -2.40. The van der Waals surface area contributed by atoms with E-state index in [9.17, 15) is 26.4 Å². The van der Waals surface area contributed by atoms with Crippen LogP contribution in [0.5, 0.6) is 0 Å². The van der Waals surface area contributed by atoms with Crippen LogP contribution in [-0.4, -0.2) is 47.1 Å². The number of anilines is 2. The number of sulfonamides is 1. The van der Waals surface area contributed by atoms with E-state index in [1.165, 1.54) is 30.6 Å². The monoisotopic (exact) mass is 640 g/mol. The highest BCUT2D eigenvalue weighted by molar-refractivity contribution is 7.89. The summed E-state index contributed by atoms with van der Waals surface area (Å²) in [6.07, 6.45) is -0.512. The van der Waals surface area contributed by atoms with E-state index in [1.54, 1.807) is 40.7 Å². The maximum atomic E-state index is 14.4. The van der Waals surface area contributed by atoms with Gasteiger partial charge in [0.1, 0.15) is 0 Å². The maximum Gasteiger partial charge on any atom is 0.434 e. The second-order valence-corrected chi connectivity index (χ2v) is 14.3. The molecule has 0 bridgehead atoms. The van der Waals surface area contributed by atoms with Crippen LogP contribution in [-0.2, 0) is 20.9 Å². The number of nitrogens with one attached hydrogen (secondary N) is 3. The number of alkyl halides is 3. The van der Waals surface area contributed by atoms with E-state index in [4.69, 9.17) is 4.74 Å². The van der Waals surface area contributed by atoms with Gasteiger partial charge in [0, 0.05) is 41.1 Å². The molecule has 1 aliphatic carbocycles. The van der Waals surface area contributed by atoms with Crippen LogP contribution >= 0.6 is 11.3 Å². The van der Waals surface area contributed by atoms with Gasteiger partial charge < -0.3 is 15.4 Å². The minimum Gasteiger partial charge on any atom is -0.447 e. The number of carbonyl (C=O) groups is 1. The van der Waals surface area contributed by atoms with Crippen molar-refractivity contribution in [3.63, 3.8) is 0 Å². The highest BCUT2D eigenvalue weighted by Gasteiger charge is 2.41. The van der Waals surface area contributed by atoms with Crippen molar-refractivity contribution in [3.05, 3.63) is 47.4 Å². The fourth-order valence-corrected chi connectivity index (χ4v) is 7.76. The molecule has 4 rings (SSSR count). The van der Waals surface area contributed by atoms with E-state index >= 15 is 0 Å². The van der Waals surface area contributed by atoms with Crippen LogP contribution < -0.4 is 15.4 Å². The highest BCUT2D eigenvalue weighted by Crippen LogP contribution is 2.46. The Labute approximate surface area is 252 Å². The van der Waals surface area contributed by atoms with E-state index in [0.717, 1.165) is 11.3 Å². The molecule has 2 aromatic heterocycles. The number of halogens is 3. The van der Waals surface area contributed by atoms with Crippen LogP contribution in [0.4, 0.5) is 29.6 Å². The van der Waals surface area contributed by atoms with Crippen molar-refractivity contribution in [1.82, 2.24) is 25.0 Å². The van der Waals surface area contributed by atoms with Gasteiger partial charge in [-0.2, -0.15) is 13.2 Å². The maximum absolute atomic E-state index is 14.4. The van der Waals surface area contributed by atoms with E-state index in [0.29, 0.717) is 25.7 Å². The molecule has 0 saturated heterocycles. The first-order chi connectivity index (χ1) is 20.0. The molecular weight excluding hydrogens is 605 g/mol. The molecule has 0 radical (unpaired) electrons. The van der Waals surface area contributed by atoms with E-state index in [2.05, 4.69) is 30.3 Å². The third-order valence-electron chi connectivity index (χ3n) is 6.43. The Balaban J connectivity index is 1.71. The SMILES string of the molecule is CC(C)OC(=O)NC1CCC(c2nc(C(F)(F)F)c(-c3ccc(Nc4ncccn4)cc3S(=O)(=O)NC(C)(C)C)s2)CC1. The second kappa shape index (κ2) is 12.7. The van der Waals surface area contributed by atoms with Crippen molar-refractivity contribution in [3.8, 4) is 10.4 Å². The zero-order chi connectivity index (χ0) is 31.6. The Bertz CT molecular complexity index is 1530. The van der Waals surface area contributed by atoms with Gasteiger partial charge in [0.15, 0.2) is 5.69 Å². The summed E-state index contributed by atoms with van der Waals surface area (Å²) in [6.45, 7) is 8.41. The number of hydrogen-bond donors (Lipinski definition) is 3. The number of carbonyl (C=O) groups excluding carboxylic acids is 1. The van der Waals surface area contributed by atoms with Crippen LogP contribution in [0, 0.1) is 0 Å². The first-order valence-corrected chi connectivity index (χ1v) is 16.1. The van der Waals surface area contributed by atoms with Crippen LogP contribution in [0.1, 0.15) is 76.9 Å². The van der Waals surface area contributed by atoms with Gasteiger partial charge in [0.05, 0.1) is 20.9 Å². The number of alkyl carbamates (subject to hydrolysis) is 1. The predicted octanol–water partition coefficient (Wildman–Crippen LogP) is 6.60. The largest absolute Gasteiger partial charge is 0.447 e. The zero-order valence-electron chi connectivity index (χ0n) is 24.4. The van der Waals surface area contributed by atoms with Gasteiger partial charge in [-0.3, -0.25) is 0 Å². The molecule has 3 aromatic rings. The standard InChI is InChI=1S/C28H35F3N6O4S2/c1-16(2)41-26(38)35-18-9-7-17(8-10-18)24-36-23(28(29,30)31)22(42-24)20-12-11-19(34-25-32-13-6-14-33-25)15-21(20)43(39,40)37-27(3,4)5/h6,11-18,37H,7-10H2,1-5H3,(H,35,38)(H,32,33,34). The number of ether oxygens (including phenoxy) is 1. The van der Waals surface area contributed by atoms with Crippen LogP contribution in [0.15, 0.2) is 41.6 Å². The van der Waals surface area contributed by atoms with E-state index in [-0.39, 0.29) is 50.0 Å². The summed E-state index contributed by atoms with van der Waals surface area (Å²) in [4.78, 5) is 23.5. The number of aromatic nitrogens is 3. The molecule has 1 aliphatic rings. The Kier molecular flexibility index (Phi) is 9.66. The number of amides is 1. The first kappa shape index (κ1) is 32.6. The average Bonchev–Trinajstić information content (AvgIpc) is 3.34. The Hall–Kier alpha value is -3.30. The minimum absolute atomic E-state index is 0.112. The highest BCUT2D eigenvalue weighted by atomic mass is 32.2. The third kappa shape index (κ3) is 8.63. The molecule has 2 heterocycles. The summed E-state index contributed by atoms with van der Waals surface area (Å²) in [5.41, 5.74) is -1.86. The van der Waals surface area contributed by atoms with Gasteiger partial charge in [0.25, 0.3) is 0 Å². The van der Waals surface area contributed by atoms with Crippen molar-refractivity contribution in [2.24, 2.45) is 0 Å². The first-order valence-electron chi connectivity index (χ1n) is 13.8. The number of nitrogens with zero attached hydrogens (tertiary/aromatic N) is 3. The van der Waals surface area contributed by atoms with Gasteiger partial charge >= 0.3 is 12.3 Å². The van der Waals surface area contributed by atoms with Crippen LogP contribution in [0.2, 0.25) is 0 Å². The number of benzene rings is 1. The van der Waals surface area contributed by atoms with Crippen LogP contribution in [0.3, 0.4) is 0 Å². The lowest BCUT2D eigenvalue weighted by molar-refractivity contribution is -0.140. The molecule has 1 aromatic carbocycles. The van der Waals surface area contributed by atoms with Crippen LogP contribution in [0.25, 0.3) is 10.4 Å². The number of hydrogen-bond acceptors (Lipinski definition) is 9. The predicted molar refractivity (Wildman–Crippen MR) is 158 cm³/mol.